The van der Waals surface area contributed by atoms with Crippen molar-refractivity contribution in [3.63, 3.8) is 0 Å². The molecule has 4 rings (SSSR count). The van der Waals surface area contributed by atoms with Gasteiger partial charge >= 0.3 is 6.03 Å². The summed E-state index contributed by atoms with van der Waals surface area (Å²) in [5, 5.41) is 13.4. The number of aromatic nitrogens is 4. The number of carbonyl (C=O) groups is 1. The fourth-order valence-electron chi connectivity index (χ4n) is 3.11. The van der Waals surface area contributed by atoms with E-state index in [1.54, 1.807) is 48.3 Å². The van der Waals surface area contributed by atoms with Crippen molar-refractivity contribution in [2.45, 2.75) is 33.1 Å². The maximum absolute atomic E-state index is 14.7. The largest absolute Gasteiger partial charge is 0.457 e. The van der Waals surface area contributed by atoms with Gasteiger partial charge in [0, 0.05) is 42.9 Å². The number of pyridine rings is 1. The molecule has 2 N–H and O–H groups in total. The lowest BCUT2D eigenvalue weighted by atomic mass is 9.92. The van der Waals surface area contributed by atoms with Crippen molar-refractivity contribution < 1.29 is 18.4 Å². The highest BCUT2D eigenvalue weighted by Gasteiger charge is 2.20. The first-order chi connectivity index (χ1) is 16.1. The summed E-state index contributed by atoms with van der Waals surface area (Å²) >= 11 is 0. The second-order valence-corrected chi connectivity index (χ2v) is 8.82. The van der Waals surface area contributed by atoms with Gasteiger partial charge in [0.05, 0.1) is 17.1 Å². The summed E-state index contributed by atoms with van der Waals surface area (Å²) in [6.07, 6.45) is 1.56. The van der Waals surface area contributed by atoms with E-state index in [0.717, 1.165) is 11.4 Å². The lowest BCUT2D eigenvalue weighted by Crippen LogP contribution is -2.21. The average molecular weight is 465 g/mol. The van der Waals surface area contributed by atoms with Gasteiger partial charge in [-0.2, -0.15) is 5.10 Å². The van der Waals surface area contributed by atoms with Gasteiger partial charge in [-0.1, -0.05) is 25.9 Å². The Morgan fingerprint density at radius 3 is 2.50 bits per heavy atom. The van der Waals surface area contributed by atoms with E-state index in [-0.39, 0.29) is 16.9 Å². The van der Waals surface area contributed by atoms with Crippen LogP contribution in [0.25, 0.3) is 11.5 Å². The van der Waals surface area contributed by atoms with Crippen molar-refractivity contribution in [3.05, 3.63) is 65.9 Å². The molecule has 0 aliphatic rings. The number of nitrogens with zero attached hydrogens (tertiary/aromatic N) is 4. The first kappa shape index (κ1) is 23.0. The van der Waals surface area contributed by atoms with Gasteiger partial charge in [0.25, 0.3) is 0 Å². The van der Waals surface area contributed by atoms with Crippen LogP contribution in [0.3, 0.4) is 0 Å². The minimum atomic E-state index is -0.645. The van der Waals surface area contributed by atoms with E-state index in [1.165, 1.54) is 12.1 Å². The lowest BCUT2D eigenvalue weighted by molar-refractivity contribution is 0.262. The van der Waals surface area contributed by atoms with E-state index in [2.05, 4.69) is 25.9 Å². The molecule has 10 heteroatoms. The first-order valence-electron chi connectivity index (χ1n) is 10.6. The van der Waals surface area contributed by atoms with Crippen molar-refractivity contribution in [1.29, 1.82) is 0 Å². The second kappa shape index (κ2) is 8.97. The number of ether oxygens (including phenoxy) is 1. The standard InChI is InChI=1S/C24H25FN6O3/c1-14-10-20(34-30-14)19-12-16(8-9-26-19)33-15-6-7-18(17(25)11-15)27-23(32)28-22-13-21(24(2,3)4)29-31(22)5/h6-13H,1-5H3,(H2,27,28,32). The Hall–Kier alpha value is -4.21. The zero-order valence-corrected chi connectivity index (χ0v) is 19.5. The second-order valence-electron chi connectivity index (χ2n) is 8.82. The molecule has 0 unspecified atom stereocenters. The molecule has 4 aromatic rings. The molecule has 0 saturated heterocycles. The van der Waals surface area contributed by atoms with E-state index in [0.29, 0.717) is 23.0 Å². The summed E-state index contributed by atoms with van der Waals surface area (Å²) in [5.74, 6) is 1.06. The maximum Gasteiger partial charge on any atom is 0.324 e. The molecule has 0 spiro atoms. The number of amides is 2. The smallest absolute Gasteiger partial charge is 0.324 e. The van der Waals surface area contributed by atoms with Crippen molar-refractivity contribution in [3.8, 4) is 23.0 Å². The Labute approximate surface area is 195 Å². The van der Waals surface area contributed by atoms with Crippen molar-refractivity contribution in [1.82, 2.24) is 19.9 Å². The van der Waals surface area contributed by atoms with Gasteiger partial charge in [0.15, 0.2) is 5.76 Å². The number of rotatable bonds is 5. The molecule has 0 aliphatic heterocycles. The summed E-state index contributed by atoms with van der Waals surface area (Å²) in [6, 6.07) is 10.4. The molecule has 0 bridgehead atoms. The van der Waals surface area contributed by atoms with Gasteiger partial charge in [-0.05, 0) is 25.1 Å². The van der Waals surface area contributed by atoms with Crippen LogP contribution in [0.2, 0.25) is 0 Å². The number of benzene rings is 1. The molecule has 0 fully saturated rings. The monoisotopic (exact) mass is 464 g/mol. The Bertz CT molecular complexity index is 1340. The number of aryl methyl sites for hydroxylation is 2. The maximum atomic E-state index is 14.7. The Balaban J connectivity index is 1.43. The molecule has 3 aromatic heterocycles. The molecule has 0 atom stereocenters. The third-order valence-electron chi connectivity index (χ3n) is 4.93. The van der Waals surface area contributed by atoms with Gasteiger partial charge in [0.2, 0.25) is 0 Å². The van der Waals surface area contributed by atoms with Crippen LogP contribution in [-0.4, -0.2) is 26.0 Å². The highest BCUT2D eigenvalue weighted by Crippen LogP contribution is 2.29. The normalized spacial score (nSPS) is 11.4. The van der Waals surface area contributed by atoms with Crippen molar-refractivity contribution in [2.24, 2.45) is 7.05 Å². The fourth-order valence-corrected chi connectivity index (χ4v) is 3.11. The van der Waals surface area contributed by atoms with Gasteiger partial charge in [-0.15, -0.1) is 0 Å². The summed E-state index contributed by atoms with van der Waals surface area (Å²) in [4.78, 5) is 16.6. The van der Waals surface area contributed by atoms with Crippen LogP contribution in [0.15, 0.2) is 53.2 Å². The van der Waals surface area contributed by atoms with Crippen LogP contribution < -0.4 is 15.4 Å². The summed E-state index contributed by atoms with van der Waals surface area (Å²) in [7, 11) is 1.73. The van der Waals surface area contributed by atoms with Crippen LogP contribution in [0.1, 0.15) is 32.2 Å². The highest BCUT2D eigenvalue weighted by atomic mass is 19.1. The number of halogens is 1. The molecule has 2 amide bonds. The Kier molecular flexibility index (Phi) is 6.06. The van der Waals surface area contributed by atoms with Gasteiger partial charge in [0.1, 0.15) is 28.8 Å². The third-order valence-corrected chi connectivity index (χ3v) is 4.93. The SMILES string of the molecule is Cc1cc(-c2cc(Oc3ccc(NC(=O)Nc4cc(C(C)(C)C)nn4C)c(F)c3)ccn2)on1. The molecule has 9 nitrogen and oxygen atoms in total. The van der Waals surface area contributed by atoms with Crippen molar-refractivity contribution >= 4 is 17.5 Å². The average Bonchev–Trinajstić information content (AvgIpc) is 3.36. The Morgan fingerprint density at radius 1 is 1.09 bits per heavy atom. The zero-order chi connectivity index (χ0) is 24.5. The first-order valence-corrected chi connectivity index (χ1v) is 10.6. The summed E-state index contributed by atoms with van der Waals surface area (Å²) in [5.41, 5.74) is 1.94. The topological polar surface area (TPSA) is 107 Å². The number of nitrogens with one attached hydrogen (secondary N) is 2. The van der Waals surface area contributed by atoms with Crippen molar-refractivity contribution in [2.75, 3.05) is 10.6 Å². The molecular formula is C24H25FN6O3. The minimum absolute atomic E-state index is 0.00983. The van der Waals surface area contributed by atoms with Crippen LogP contribution in [0.4, 0.5) is 20.7 Å². The number of hydrogen-bond donors (Lipinski definition) is 2. The summed E-state index contributed by atoms with van der Waals surface area (Å²) in [6.45, 7) is 7.89. The predicted octanol–water partition coefficient (Wildman–Crippen LogP) is 5.65. The van der Waals surface area contributed by atoms with Crippen LogP contribution >= 0.6 is 0 Å². The summed E-state index contributed by atoms with van der Waals surface area (Å²) < 4.78 is 27.2. The van der Waals surface area contributed by atoms with E-state index < -0.39 is 11.8 Å². The molecule has 0 radical (unpaired) electrons. The van der Waals surface area contributed by atoms with Gasteiger partial charge < -0.3 is 14.6 Å². The predicted molar refractivity (Wildman–Crippen MR) is 125 cm³/mol. The van der Waals surface area contributed by atoms with E-state index in [1.807, 2.05) is 27.7 Å². The highest BCUT2D eigenvalue weighted by molar-refractivity contribution is 5.99. The molecule has 0 saturated carbocycles. The van der Waals surface area contributed by atoms with Gasteiger partial charge in [-0.3, -0.25) is 15.0 Å². The molecule has 3 heterocycles. The minimum Gasteiger partial charge on any atom is -0.457 e. The number of carbonyl (C=O) groups excluding carboxylic acids is 1. The van der Waals surface area contributed by atoms with Gasteiger partial charge in [-0.25, -0.2) is 9.18 Å². The third kappa shape index (κ3) is 5.22. The van der Waals surface area contributed by atoms with Crippen LogP contribution in [0.5, 0.6) is 11.5 Å². The lowest BCUT2D eigenvalue weighted by Gasteiger charge is -2.13. The van der Waals surface area contributed by atoms with Crippen LogP contribution in [0, 0.1) is 12.7 Å². The molecule has 176 valence electrons. The van der Waals surface area contributed by atoms with E-state index in [9.17, 15) is 9.18 Å². The molecule has 1 aromatic carbocycles. The molecule has 0 aliphatic carbocycles. The fraction of sp³-hybridized carbons (Fsp3) is 0.250. The quantitative estimate of drug-likeness (QED) is 0.395. The van der Waals surface area contributed by atoms with E-state index >= 15 is 0 Å². The number of urea groups is 1. The van der Waals surface area contributed by atoms with E-state index in [4.69, 9.17) is 9.26 Å². The zero-order valence-electron chi connectivity index (χ0n) is 19.5. The van der Waals surface area contributed by atoms with Crippen LogP contribution in [-0.2, 0) is 12.5 Å². The number of hydrogen-bond acceptors (Lipinski definition) is 6. The molecular weight excluding hydrogens is 439 g/mol. The molecule has 34 heavy (non-hydrogen) atoms. The Morgan fingerprint density at radius 2 is 1.85 bits per heavy atom. The number of anilines is 2.